The monoisotopic (exact) mass is 501 g/mol. The fraction of sp³-hybridized carbons (Fsp3) is 0.346. The molecular formula is C26H27N7O4. The van der Waals surface area contributed by atoms with Crippen LogP contribution in [-0.4, -0.2) is 78.5 Å². The summed E-state index contributed by atoms with van der Waals surface area (Å²) < 4.78 is 3.71. The Morgan fingerprint density at radius 3 is 1.84 bits per heavy atom. The second-order valence-corrected chi connectivity index (χ2v) is 9.54. The molecule has 0 spiro atoms. The number of fused-ring (bicyclic) bond motifs is 2. The first-order valence-electron chi connectivity index (χ1n) is 12.3. The number of aryl methyl sites for hydroxylation is 2. The molecule has 0 unspecified atom stereocenters. The number of amides is 3. The first kappa shape index (κ1) is 23.2. The van der Waals surface area contributed by atoms with E-state index in [2.05, 4.69) is 51.5 Å². The molecule has 11 heteroatoms. The Balaban J connectivity index is 1.27. The number of carbonyl (C=O) groups is 3. The third-order valence-corrected chi connectivity index (χ3v) is 7.28. The molecule has 0 N–H and O–H groups in total. The highest BCUT2D eigenvalue weighted by molar-refractivity contribution is 6.01. The number of rotatable bonds is 4. The summed E-state index contributed by atoms with van der Waals surface area (Å²) in [5.74, 6) is -0.956. The van der Waals surface area contributed by atoms with Crippen molar-refractivity contribution in [3.05, 3.63) is 59.9 Å². The molecule has 3 amide bonds. The number of benzene rings is 2. The Morgan fingerprint density at radius 1 is 0.811 bits per heavy atom. The molecule has 4 aromatic rings. The second-order valence-electron chi connectivity index (χ2n) is 9.54. The largest absolute Gasteiger partial charge is 0.434 e. The molecule has 2 aromatic carbocycles. The molecule has 2 fully saturated rings. The fourth-order valence-corrected chi connectivity index (χ4v) is 5.27. The van der Waals surface area contributed by atoms with E-state index in [1.54, 1.807) is 4.90 Å². The smallest absolute Gasteiger partial charge is 0.311 e. The summed E-state index contributed by atoms with van der Waals surface area (Å²) in [4.78, 5) is 45.4. The molecule has 6 rings (SSSR count). The van der Waals surface area contributed by atoms with Crippen LogP contribution in [0.15, 0.2) is 48.8 Å². The van der Waals surface area contributed by atoms with E-state index in [-0.39, 0.29) is 18.9 Å². The minimum absolute atomic E-state index is 0.0471. The fourth-order valence-electron chi connectivity index (χ4n) is 5.27. The van der Waals surface area contributed by atoms with Crippen molar-refractivity contribution in [1.29, 1.82) is 0 Å². The summed E-state index contributed by atoms with van der Waals surface area (Å²) in [6, 6.07) is 12.7. The van der Waals surface area contributed by atoms with Crippen molar-refractivity contribution in [2.24, 2.45) is 14.1 Å². The molecule has 0 atom stereocenters. The second kappa shape index (κ2) is 9.00. The van der Waals surface area contributed by atoms with Crippen LogP contribution in [0, 0.1) is 0 Å². The third kappa shape index (κ3) is 4.10. The van der Waals surface area contributed by atoms with Crippen LogP contribution in [0.4, 0.5) is 4.79 Å². The summed E-state index contributed by atoms with van der Waals surface area (Å²) in [5, 5.41) is 11.5. The van der Waals surface area contributed by atoms with Crippen LogP contribution in [0.25, 0.3) is 21.8 Å². The SMILES string of the molecule is Cn1ncc2cc(C(c3ccc4c(cnn4C)c3)N3CCN(C(=O)ON4C(=O)CCC4=O)CC3)ccc21. The van der Waals surface area contributed by atoms with E-state index in [1.807, 2.05) is 35.9 Å². The molecule has 0 bridgehead atoms. The van der Waals surface area contributed by atoms with E-state index in [9.17, 15) is 14.4 Å². The third-order valence-electron chi connectivity index (χ3n) is 7.28. The molecule has 0 radical (unpaired) electrons. The molecule has 0 saturated carbocycles. The number of aromatic nitrogens is 4. The van der Waals surface area contributed by atoms with Gasteiger partial charge in [0.2, 0.25) is 0 Å². The quantitative estimate of drug-likeness (QED) is 0.395. The Kier molecular flexibility index (Phi) is 5.64. The van der Waals surface area contributed by atoms with E-state index in [0.29, 0.717) is 31.2 Å². The van der Waals surface area contributed by atoms with Crippen LogP contribution in [0.2, 0.25) is 0 Å². The van der Waals surface area contributed by atoms with Crippen molar-refractivity contribution in [2.45, 2.75) is 18.9 Å². The van der Waals surface area contributed by atoms with Gasteiger partial charge in [-0.15, -0.1) is 5.06 Å². The number of carbonyl (C=O) groups excluding carboxylic acids is 3. The molecule has 2 aromatic heterocycles. The van der Waals surface area contributed by atoms with Crippen molar-refractivity contribution in [2.75, 3.05) is 26.2 Å². The van der Waals surface area contributed by atoms with Gasteiger partial charge < -0.3 is 9.74 Å². The van der Waals surface area contributed by atoms with Crippen molar-refractivity contribution in [1.82, 2.24) is 34.4 Å². The van der Waals surface area contributed by atoms with Crippen molar-refractivity contribution in [3.8, 4) is 0 Å². The highest BCUT2D eigenvalue weighted by atomic mass is 16.7. The molecule has 190 valence electrons. The van der Waals surface area contributed by atoms with Crippen LogP contribution < -0.4 is 0 Å². The lowest BCUT2D eigenvalue weighted by Crippen LogP contribution is -2.51. The van der Waals surface area contributed by atoms with E-state index in [4.69, 9.17) is 4.84 Å². The van der Waals surface area contributed by atoms with Crippen LogP contribution in [-0.2, 0) is 28.5 Å². The van der Waals surface area contributed by atoms with E-state index in [1.165, 1.54) is 0 Å². The molecule has 37 heavy (non-hydrogen) atoms. The van der Waals surface area contributed by atoms with Crippen LogP contribution in [0.3, 0.4) is 0 Å². The normalized spacial score (nSPS) is 17.1. The Labute approximate surface area is 212 Å². The zero-order valence-corrected chi connectivity index (χ0v) is 20.7. The van der Waals surface area contributed by atoms with Gasteiger partial charge in [0.15, 0.2) is 0 Å². The molecule has 0 aliphatic carbocycles. The summed E-state index contributed by atoms with van der Waals surface area (Å²) in [6.07, 6.45) is 3.21. The average molecular weight is 502 g/mol. The molecule has 11 nitrogen and oxygen atoms in total. The molecule has 2 saturated heterocycles. The maximum Gasteiger partial charge on any atom is 0.434 e. The Morgan fingerprint density at radius 2 is 1.32 bits per heavy atom. The van der Waals surface area contributed by atoms with E-state index < -0.39 is 17.9 Å². The van der Waals surface area contributed by atoms with Crippen LogP contribution >= 0.6 is 0 Å². The standard InChI is InChI=1S/C26H27N7O4/c1-29-21-5-3-17(13-19(21)15-27-29)25(18-4-6-22-20(14-18)16-28-30(22)2)31-9-11-32(12-10-31)26(36)37-33-23(34)7-8-24(33)35/h3-6,13-16,25H,7-12H2,1-2H3. The van der Waals surface area contributed by atoms with Crippen molar-refractivity contribution < 1.29 is 19.2 Å². The number of nitrogens with zero attached hydrogens (tertiary/aromatic N) is 7. The van der Waals surface area contributed by atoms with Gasteiger partial charge in [0.1, 0.15) is 0 Å². The predicted octanol–water partition coefficient (Wildman–Crippen LogP) is 2.37. The van der Waals surface area contributed by atoms with Gasteiger partial charge in [-0.05, 0) is 35.4 Å². The number of hydrogen-bond acceptors (Lipinski definition) is 7. The average Bonchev–Trinajstić information content (AvgIpc) is 3.57. The van der Waals surface area contributed by atoms with Gasteiger partial charge in [-0.3, -0.25) is 23.9 Å². The summed E-state index contributed by atoms with van der Waals surface area (Å²) in [7, 11) is 3.86. The summed E-state index contributed by atoms with van der Waals surface area (Å²) in [5.41, 5.74) is 4.38. The first-order chi connectivity index (χ1) is 17.9. The maximum atomic E-state index is 12.7. The van der Waals surface area contributed by atoms with Crippen LogP contribution in [0.5, 0.6) is 0 Å². The lowest BCUT2D eigenvalue weighted by molar-refractivity contribution is -0.174. The van der Waals surface area contributed by atoms with E-state index in [0.717, 1.165) is 32.9 Å². The van der Waals surface area contributed by atoms with Crippen molar-refractivity contribution in [3.63, 3.8) is 0 Å². The Hall–Kier alpha value is -4.25. The van der Waals surface area contributed by atoms with Gasteiger partial charge in [0.05, 0.1) is 29.5 Å². The maximum absolute atomic E-state index is 12.7. The lowest BCUT2D eigenvalue weighted by atomic mass is 9.94. The van der Waals surface area contributed by atoms with E-state index >= 15 is 0 Å². The summed E-state index contributed by atoms with van der Waals surface area (Å²) in [6.45, 7) is 2.02. The van der Waals surface area contributed by atoms with Gasteiger partial charge in [0, 0.05) is 63.9 Å². The summed E-state index contributed by atoms with van der Waals surface area (Å²) >= 11 is 0. The number of piperazine rings is 1. The number of hydrogen-bond donors (Lipinski definition) is 0. The first-order valence-corrected chi connectivity index (χ1v) is 12.3. The van der Waals surface area contributed by atoms with Gasteiger partial charge in [-0.2, -0.15) is 10.2 Å². The lowest BCUT2D eigenvalue weighted by Gasteiger charge is -2.39. The number of imide groups is 1. The van der Waals surface area contributed by atoms with Gasteiger partial charge >= 0.3 is 6.09 Å². The van der Waals surface area contributed by atoms with Gasteiger partial charge in [-0.1, -0.05) is 12.1 Å². The molecular weight excluding hydrogens is 474 g/mol. The zero-order chi connectivity index (χ0) is 25.7. The molecule has 2 aliphatic heterocycles. The minimum atomic E-state index is -0.673. The molecule has 4 heterocycles. The Bertz CT molecular complexity index is 1440. The molecule has 2 aliphatic rings. The zero-order valence-electron chi connectivity index (χ0n) is 20.7. The van der Waals surface area contributed by atoms with Gasteiger partial charge in [-0.25, -0.2) is 4.79 Å². The van der Waals surface area contributed by atoms with Gasteiger partial charge in [0.25, 0.3) is 11.8 Å². The predicted molar refractivity (Wildman–Crippen MR) is 134 cm³/mol. The van der Waals surface area contributed by atoms with Crippen LogP contribution in [0.1, 0.15) is 30.0 Å². The topological polar surface area (TPSA) is 106 Å². The minimum Gasteiger partial charge on any atom is -0.311 e. The highest BCUT2D eigenvalue weighted by Crippen LogP contribution is 2.33. The highest BCUT2D eigenvalue weighted by Gasteiger charge is 2.36. The number of hydroxylamine groups is 2. The van der Waals surface area contributed by atoms with Crippen molar-refractivity contribution >= 4 is 39.7 Å².